The zero-order valence-corrected chi connectivity index (χ0v) is 15.5. The molecule has 0 spiro atoms. The number of benzene rings is 1. The fraction of sp³-hybridized carbons (Fsp3) is 0.312. The number of sulfonamides is 1. The topological polar surface area (TPSA) is 63.2 Å². The molecule has 0 aliphatic carbocycles. The Morgan fingerprint density at radius 1 is 1.22 bits per heavy atom. The lowest BCUT2D eigenvalue weighted by atomic mass is 10.2. The lowest BCUT2D eigenvalue weighted by Crippen LogP contribution is -2.23. The van der Waals surface area contributed by atoms with Crippen molar-refractivity contribution < 1.29 is 13.2 Å². The number of thiophene rings is 1. The molecule has 4 nitrogen and oxygen atoms in total. The van der Waals surface area contributed by atoms with Crippen LogP contribution >= 0.6 is 23.1 Å². The van der Waals surface area contributed by atoms with Gasteiger partial charge in [0.15, 0.2) is 5.78 Å². The molecule has 0 saturated heterocycles. The van der Waals surface area contributed by atoms with Crippen LogP contribution in [0.2, 0.25) is 0 Å². The van der Waals surface area contributed by atoms with Crippen LogP contribution in [0.5, 0.6) is 0 Å². The van der Waals surface area contributed by atoms with Crippen molar-refractivity contribution in [3.8, 4) is 0 Å². The number of ketones is 1. The second kappa shape index (κ2) is 8.10. The maximum Gasteiger partial charge on any atom is 0.208 e. The summed E-state index contributed by atoms with van der Waals surface area (Å²) in [6.45, 7) is 2.38. The molecule has 0 atom stereocenters. The Hall–Kier alpha value is -1.15. The second-order valence-electron chi connectivity index (χ2n) is 5.16. The minimum Gasteiger partial charge on any atom is -0.292 e. The maximum atomic E-state index is 12.3. The Morgan fingerprint density at radius 2 is 1.96 bits per heavy atom. The van der Waals surface area contributed by atoms with E-state index in [0.717, 1.165) is 20.9 Å². The predicted molar refractivity (Wildman–Crippen MR) is 97.1 cm³/mol. The van der Waals surface area contributed by atoms with Gasteiger partial charge in [0, 0.05) is 16.3 Å². The van der Waals surface area contributed by atoms with Gasteiger partial charge in [-0.05, 0) is 37.1 Å². The van der Waals surface area contributed by atoms with Crippen molar-refractivity contribution in [1.29, 1.82) is 0 Å². The molecule has 0 aliphatic heterocycles. The molecule has 2 aromatic rings. The molecule has 1 aromatic carbocycles. The third kappa shape index (κ3) is 6.10. The minimum absolute atomic E-state index is 0.102. The van der Waals surface area contributed by atoms with E-state index in [1.165, 1.54) is 16.9 Å². The number of nitrogens with one attached hydrogen (secondary N) is 1. The molecule has 0 radical (unpaired) electrons. The fourth-order valence-electron chi connectivity index (χ4n) is 1.95. The van der Waals surface area contributed by atoms with Gasteiger partial charge in [-0.15, -0.1) is 23.1 Å². The summed E-state index contributed by atoms with van der Waals surface area (Å²) in [6.07, 6.45) is 1.73. The summed E-state index contributed by atoms with van der Waals surface area (Å²) in [7, 11) is -3.16. The molecule has 0 saturated carbocycles. The van der Waals surface area contributed by atoms with Gasteiger partial charge in [0.05, 0.1) is 16.9 Å². The van der Waals surface area contributed by atoms with Gasteiger partial charge in [0.2, 0.25) is 10.0 Å². The molecular formula is C16H19NO3S3. The van der Waals surface area contributed by atoms with Crippen LogP contribution in [-0.2, 0) is 16.4 Å². The Kier molecular flexibility index (Phi) is 6.41. The van der Waals surface area contributed by atoms with Crippen molar-refractivity contribution in [2.45, 2.75) is 18.2 Å². The summed E-state index contributed by atoms with van der Waals surface area (Å²) in [5.74, 6) is 0.512. The van der Waals surface area contributed by atoms with Crippen molar-refractivity contribution >= 4 is 38.9 Å². The first-order valence-electron chi connectivity index (χ1n) is 7.10. The summed E-state index contributed by atoms with van der Waals surface area (Å²) in [5.41, 5.74) is 1.17. The van der Waals surface area contributed by atoms with E-state index in [1.807, 2.05) is 43.3 Å². The monoisotopic (exact) mass is 369 g/mol. The van der Waals surface area contributed by atoms with Crippen molar-refractivity contribution in [2.75, 3.05) is 18.6 Å². The third-order valence-corrected chi connectivity index (χ3v) is 6.21. The molecule has 0 unspecified atom stereocenters. The molecule has 124 valence electrons. The van der Waals surface area contributed by atoms with Crippen LogP contribution in [0.4, 0.5) is 0 Å². The number of carbonyl (C=O) groups excluding carboxylic acids is 1. The van der Waals surface area contributed by atoms with E-state index >= 15 is 0 Å². The molecule has 1 heterocycles. The average molecular weight is 370 g/mol. The van der Waals surface area contributed by atoms with Gasteiger partial charge < -0.3 is 0 Å². The second-order valence-corrected chi connectivity index (χ2v) is 9.18. The van der Waals surface area contributed by atoms with E-state index in [-0.39, 0.29) is 5.78 Å². The molecule has 23 heavy (non-hydrogen) atoms. The highest BCUT2D eigenvalue weighted by Gasteiger charge is 2.11. The standard InChI is InChI=1S/C16H19NO3S3/c1-12-5-3-4-6-15(12)21-11-14(18)16-8-7-13(22-16)9-10-17-23(2,19)20/h3-8,17H,9-11H2,1-2H3. The zero-order valence-electron chi connectivity index (χ0n) is 13.0. The largest absolute Gasteiger partial charge is 0.292 e. The van der Waals surface area contributed by atoms with Gasteiger partial charge in [-0.1, -0.05) is 18.2 Å². The van der Waals surface area contributed by atoms with Gasteiger partial charge in [0.25, 0.3) is 0 Å². The van der Waals surface area contributed by atoms with E-state index in [4.69, 9.17) is 0 Å². The molecule has 0 bridgehead atoms. The van der Waals surface area contributed by atoms with Crippen LogP contribution < -0.4 is 4.72 Å². The maximum absolute atomic E-state index is 12.3. The van der Waals surface area contributed by atoms with E-state index in [9.17, 15) is 13.2 Å². The van der Waals surface area contributed by atoms with Gasteiger partial charge in [-0.3, -0.25) is 4.79 Å². The Bertz CT molecular complexity index is 781. The number of thioether (sulfide) groups is 1. The molecule has 0 fully saturated rings. The molecule has 1 N–H and O–H groups in total. The first-order valence-corrected chi connectivity index (χ1v) is 10.8. The van der Waals surface area contributed by atoms with Gasteiger partial charge in [-0.2, -0.15) is 0 Å². The van der Waals surface area contributed by atoms with Gasteiger partial charge >= 0.3 is 0 Å². The van der Waals surface area contributed by atoms with E-state index in [0.29, 0.717) is 18.7 Å². The van der Waals surface area contributed by atoms with Gasteiger partial charge in [-0.25, -0.2) is 13.1 Å². The van der Waals surface area contributed by atoms with E-state index in [2.05, 4.69) is 4.72 Å². The third-order valence-electron chi connectivity index (χ3n) is 3.12. The number of hydrogen-bond acceptors (Lipinski definition) is 5. The summed E-state index contributed by atoms with van der Waals surface area (Å²) in [5, 5.41) is 0. The van der Waals surface area contributed by atoms with Crippen LogP contribution in [0.1, 0.15) is 20.1 Å². The lowest BCUT2D eigenvalue weighted by molar-refractivity contribution is 0.102. The first kappa shape index (κ1) is 18.2. The number of aryl methyl sites for hydroxylation is 1. The number of hydrogen-bond donors (Lipinski definition) is 1. The predicted octanol–water partition coefficient (Wildman–Crippen LogP) is 3.12. The molecule has 1 aromatic heterocycles. The van der Waals surface area contributed by atoms with Crippen molar-refractivity contribution in [1.82, 2.24) is 4.72 Å². The van der Waals surface area contributed by atoms with Crippen LogP contribution in [-0.4, -0.2) is 32.8 Å². The number of carbonyl (C=O) groups is 1. The summed E-state index contributed by atoms with van der Waals surface area (Å²) in [4.78, 5) is 15.1. The minimum atomic E-state index is -3.16. The van der Waals surface area contributed by atoms with Crippen LogP contribution in [0.15, 0.2) is 41.3 Å². The van der Waals surface area contributed by atoms with Crippen LogP contribution in [0, 0.1) is 6.92 Å². The average Bonchev–Trinajstić information content (AvgIpc) is 2.94. The number of Topliss-reactive ketones (excluding diaryl/α,β-unsaturated/α-hetero) is 1. The zero-order chi connectivity index (χ0) is 16.9. The van der Waals surface area contributed by atoms with Gasteiger partial charge in [0.1, 0.15) is 0 Å². The quantitative estimate of drug-likeness (QED) is 0.574. The first-order chi connectivity index (χ1) is 10.8. The summed E-state index contributed by atoms with van der Waals surface area (Å²) in [6, 6.07) is 11.7. The SMILES string of the molecule is Cc1ccccc1SCC(=O)c1ccc(CCNS(C)(=O)=O)s1. The van der Waals surface area contributed by atoms with Crippen molar-refractivity contribution in [3.05, 3.63) is 51.7 Å². The van der Waals surface area contributed by atoms with Crippen molar-refractivity contribution in [2.24, 2.45) is 0 Å². The Labute approximate surface area is 145 Å². The summed E-state index contributed by atoms with van der Waals surface area (Å²) < 4.78 is 24.5. The van der Waals surface area contributed by atoms with E-state index in [1.54, 1.807) is 11.8 Å². The molecule has 2 rings (SSSR count). The molecular weight excluding hydrogens is 350 g/mol. The Morgan fingerprint density at radius 3 is 2.65 bits per heavy atom. The normalized spacial score (nSPS) is 11.6. The smallest absolute Gasteiger partial charge is 0.208 e. The number of rotatable bonds is 8. The molecule has 0 aliphatic rings. The molecule has 7 heteroatoms. The molecule has 0 amide bonds. The lowest BCUT2D eigenvalue weighted by Gasteiger charge is -2.03. The van der Waals surface area contributed by atoms with Crippen LogP contribution in [0.3, 0.4) is 0 Å². The van der Waals surface area contributed by atoms with Crippen LogP contribution in [0.25, 0.3) is 0 Å². The van der Waals surface area contributed by atoms with Crippen molar-refractivity contribution in [3.63, 3.8) is 0 Å². The Balaban J connectivity index is 1.87. The summed E-state index contributed by atoms with van der Waals surface area (Å²) >= 11 is 2.98. The van der Waals surface area contributed by atoms with E-state index < -0.39 is 10.0 Å². The highest BCUT2D eigenvalue weighted by Crippen LogP contribution is 2.25. The highest BCUT2D eigenvalue weighted by molar-refractivity contribution is 8.00. The fourth-order valence-corrected chi connectivity index (χ4v) is 4.38. The highest BCUT2D eigenvalue weighted by atomic mass is 32.2.